The molecule has 2 aromatic carbocycles. The molecule has 0 bridgehead atoms. The molecule has 1 heterocycles. The molecule has 448 valence electrons. The number of H-pyrrole nitrogens is 1. The van der Waals surface area contributed by atoms with E-state index in [4.69, 9.17) is 34.7 Å². The number of nitrogens with two attached hydrogens (primary N) is 2. The fourth-order valence-electron chi connectivity index (χ4n) is 8.89. The molecule has 81 heavy (non-hydrogen) atoms. The number of rotatable bonds is 37. The van der Waals surface area contributed by atoms with E-state index in [1.807, 2.05) is 56.0 Å². The first-order valence-corrected chi connectivity index (χ1v) is 28.6. The molecule has 8 atom stereocenters. The van der Waals surface area contributed by atoms with Crippen LogP contribution >= 0.6 is 23.2 Å². The molecule has 23 nitrogen and oxygen atoms in total. The van der Waals surface area contributed by atoms with Gasteiger partial charge in [0, 0.05) is 86.4 Å². The minimum Gasteiger partial charge on any atom is -0.370 e. The molecule has 10 amide bonds. The zero-order chi connectivity index (χ0) is 60.3. The van der Waals surface area contributed by atoms with Crippen molar-refractivity contribution >= 4 is 98.9 Å². The van der Waals surface area contributed by atoms with Crippen LogP contribution in [0.15, 0.2) is 54.7 Å². The highest BCUT2D eigenvalue weighted by atomic mass is 35.5. The number of aromatic nitrogens is 1. The smallest absolute Gasteiger partial charge is 0.243 e. The summed E-state index contributed by atoms with van der Waals surface area (Å²) in [5.74, 6) is -6.48. The first kappa shape index (κ1) is 68.3. The van der Waals surface area contributed by atoms with Gasteiger partial charge in [-0.1, -0.05) is 77.8 Å². The van der Waals surface area contributed by atoms with Crippen molar-refractivity contribution < 1.29 is 47.9 Å². The van der Waals surface area contributed by atoms with Crippen LogP contribution in [0.5, 0.6) is 0 Å². The number of nitrogens with one attached hydrogen (secondary N) is 10. The molecule has 0 spiro atoms. The molecule has 0 radical (unpaired) electrons. The SMILES string of the molecule is CCCC[C@H](NC[C@H](CC(C)C)NC(=O)CNC(=O)[C@@H](NC(=O)[C@H](C)NC(=O)[C@H](Cc1c[nH]c2ccccc12)NC(=O)[C@H](CCC(N)=O)NC(=O)[C@@H](C)NC(=O)[C@H](Cc1ccc(N(CCCl)CCCl)cc1)NC(C)=O)C(C)C)C(N)=O. The van der Waals surface area contributed by atoms with Crippen LogP contribution in [-0.2, 0) is 60.8 Å². The Morgan fingerprint density at radius 3 is 1.78 bits per heavy atom. The number of aromatic amines is 1. The first-order chi connectivity index (χ1) is 38.4. The van der Waals surface area contributed by atoms with Gasteiger partial charge in [-0.15, -0.1) is 23.2 Å². The van der Waals surface area contributed by atoms with Crippen LogP contribution in [0.3, 0.4) is 0 Å². The second-order valence-corrected chi connectivity index (χ2v) is 21.7. The summed E-state index contributed by atoms with van der Waals surface area (Å²) in [6.45, 7) is 14.3. The fraction of sp³-hybridized carbons (Fsp3) is 0.571. The summed E-state index contributed by atoms with van der Waals surface area (Å²) in [7, 11) is 0. The van der Waals surface area contributed by atoms with Crippen molar-refractivity contribution in [3.05, 3.63) is 65.9 Å². The fourth-order valence-corrected chi connectivity index (χ4v) is 9.30. The summed E-state index contributed by atoms with van der Waals surface area (Å²) in [5, 5.41) is 25.1. The van der Waals surface area contributed by atoms with Gasteiger partial charge in [-0.2, -0.15) is 0 Å². The van der Waals surface area contributed by atoms with E-state index in [0.717, 1.165) is 29.4 Å². The number of halogens is 2. The van der Waals surface area contributed by atoms with Gasteiger partial charge in [0.05, 0.1) is 12.6 Å². The molecule has 0 aliphatic rings. The number of para-hydroxylation sites is 1. The predicted molar refractivity (Wildman–Crippen MR) is 313 cm³/mol. The zero-order valence-electron chi connectivity index (χ0n) is 47.8. The molecule has 3 rings (SSSR count). The lowest BCUT2D eigenvalue weighted by Crippen LogP contribution is -2.60. The number of unbranched alkanes of at least 4 members (excludes halogenated alkanes) is 1. The number of nitrogens with zero attached hydrogens (tertiary/aromatic N) is 1. The van der Waals surface area contributed by atoms with E-state index in [9.17, 15) is 47.9 Å². The van der Waals surface area contributed by atoms with E-state index in [0.29, 0.717) is 48.8 Å². The van der Waals surface area contributed by atoms with E-state index in [1.54, 1.807) is 38.2 Å². The summed E-state index contributed by atoms with van der Waals surface area (Å²) in [6, 6.07) is 5.88. The third kappa shape index (κ3) is 23.9. The van der Waals surface area contributed by atoms with Crippen LogP contribution in [0.4, 0.5) is 5.69 Å². The molecule has 0 saturated carbocycles. The van der Waals surface area contributed by atoms with Crippen molar-refractivity contribution in [1.82, 2.24) is 52.8 Å². The Morgan fingerprint density at radius 2 is 1.22 bits per heavy atom. The zero-order valence-corrected chi connectivity index (χ0v) is 49.3. The van der Waals surface area contributed by atoms with E-state index in [2.05, 4.69) is 52.8 Å². The van der Waals surface area contributed by atoms with Gasteiger partial charge in [0.25, 0.3) is 0 Å². The molecule has 0 saturated heterocycles. The number of benzene rings is 2. The van der Waals surface area contributed by atoms with Gasteiger partial charge in [-0.05, 0) is 74.3 Å². The van der Waals surface area contributed by atoms with Crippen molar-refractivity contribution in [2.75, 3.05) is 42.8 Å². The highest BCUT2D eigenvalue weighted by molar-refractivity contribution is 6.18. The molecule has 0 unspecified atom stereocenters. The Kier molecular flexibility index (Phi) is 29.5. The normalized spacial score (nSPS) is 14.2. The lowest BCUT2D eigenvalue weighted by molar-refractivity contribution is -0.135. The van der Waals surface area contributed by atoms with Crippen LogP contribution < -0.4 is 64.2 Å². The maximum Gasteiger partial charge on any atom is 0.243 e. The van der Waals surface area contributed by atoms with E-state index in [-0.39, 0.29) is 44.2 Å². The Bertz CT molecular complexity index is 2580. The number of carbonyl (C=O) groups excluding carboxylic acids is 10. The first-order valence-electron chi connectivity index (χ1n) is 27.5. The van der Waals surface area contributed by atoms with E-state index < -0.39 is 114 Å². The van der Waals surface area contributed by atoms with Crippen LogP contribution in [0.2, 0.25) is 0 Å². The van der Waals surface area contributed by atoms with Gasteiger partial charge in [0.2, 0.25) is 59.1 Å². The summed E-state index contributed by atoms with van der Waals surface area (Å²) in [4.78, 5) is 138. The number of amides is 10. The molecule has 3 aromatic rings. The van der Waals surface area contributed by atoms with Crippen LogP contribution in [-0.4, -0.2) is 150 Å². The molecule has 14 N–H and O–H groups in total. The van der Waals surface area contributed by atoms with Crippen molar-refractivity contribution in [3.63, 3.8) is 0 Å². The summed E-state index contributed by atoms with van der Waals surface area (Å²) in [5.41, 5.74) is 14.0. The Balaban J connectivity index is 1.77. The average Bonchev–Trinajstić information content (AvgIpc) is 3.89. The number of hydrogen-bond acceptors (Lipinski definition) is 12. The summed E-state index contributed by atoms with van der Waals surface area (Å²) < 4.78 is 0. The van der Waals surface area contributed by atoms with E-state index in [1.165, 1.54) is 20.8 Å². The van der Waals surface area contributed by atoms with Gasteiger partial charge in [0.1, 0.15) is 36.3 Å². The minimum absolute atomic E-state index is 0.0588. The molecule has 0 aliphatic carbocycles. The Morgan fingerprint density at radius 1 is 0.642 bits per heavy atom. The standard InChI is InChI=1S/C56H85Cl2N13O10/c1-9-10-14-43(50(60)75)62-30-39(26-32(2)3)67-48(74)31-63-56(81)49(33(4)5)70-52(77)35(7)65-55(80)46(28-38-29-61-42-15-12-11-13-41(38)42)69-53(78)44(20-21-47(59)73)68-51(76)34(6)64-54(79)45(66-36(8)72)27-37-16-18-40(19-17-37)71(24-22-57)25-23-58/h11-13,15-19,29,32-35,39,43-46,49,61-62H,9-10,14,20-28,30-31H2,1-8H3,(H2,59,73)(H2,60,75)(H,63,81)(H,64,79)(H,65,80)(H,66,72)(H,67,74)(H,68,76)(H,69,78)(H,70,77)/t34-,35+,39+,43+,44+,45+,46+,49+/m1/s1. The number of alkyl halides is 2. The average molecular weight is 1170 g/mol. The largest absolute Gasteiger partial charge is 0.370 e. The molecular weight excluding hydrogens is 1090 g/mol. The summed E-state index contributed by atoms with van der Waals surface area (Å²) in [6.07, 6.45) is 3.73. The highest BCUT2D eigenvalue weighted by Gasteiger charge is 2.33. The van der Waals surface area contributed by atoms with Crippen LogP contribution in [0, 0.1) is 11.8 Å². The van der Waals surface area contributed by atoms with Crippen molar-refractivity contribution in [2.24, 2.45) is 23.3 Å². The third-order valence-corrected chi connectivity index (χ3v) is 13.6. The van der Waals surface area contributed by atoms with Crippen molar-refractivity contribution in [3.8, 4) is 0 Å². The monoisotopic (exact) mass is 1170 g/mol. The van der Waals surface area contributed by atoms with Gasteiger partial charge in [0.15, 0.2) is 0 Å². The Hall–Kier alpha value is -6.98. The number of anilines is 1. The van der Waals surface area contributed by atoms with Gasteiger partial charge in [-0.25, -0.2) is 0 Å². The molecule has 1 aromatic heterocycles. The van der Waals surface area contributed by atoms with Crippen LogP contribution in [0.1, 0.15) is 105 Å². The Labute approximate surface area is 484 Å². The molecule has 0 fully saturated rings. The predicted octanol–water partition coefficient (Wildman–Crippen LogP) is 1.41. The van der Waals surface area contributed by atoms with Crippen LogP contribution in [0.25, 0.3) is 10.9 Å². The van der Waals surface area contributed by atoms with Gasteiger partial charge < -0.3 is 69.2 Å². The quantitative estimate of drug-likeness (QED) is 0.0365. The summed E-state index contributed by atoms with van der Waals surface area (Å²) >= 11 is 12.0. The third-order valence-electron chi connectivity index (χ3n) is 13.3. The maximum absolute atomic E-state index is 14.3. The number of hydrogen-bond donors (Lipinski definition) is 12. The van der Waals surface area contributed by atoms with Gasteiger partial charge >= 0.3 is 0 Å². The lowest BCUT2D eigenvalue weighted by Gasteiger charge is -2.27. The molecule has 25 heteroatoms. The highest BCUT2D eigenvalue weighted by Crippen LogP contribution is 2.20. The topological polar surface area (TPSA) is 350 Å². The number of primary amides is 2. The maximum atomic E-state index is 14.3. The van der Waals surface area contributed by atoms with E-state index >= 15 is 0 Å². The number of fused-ring (bicyclic) bond motifs is 1. The molecular formula is C56H85Cl2N13O10. The number of carbonyl (C=O) groups is 10. The second-order valence-electron chi connectivity index (χ2n) is 21.0. The lowest BCUT2D eigenvalue weighted by atomic mass is 10.0. The minimum atomic E-state index is -1.47. The molecule has 0 aliphatic heterocycles. The van der Waals surface area contributed by atoms with Crippen molar-refractivity contribution in [1.29, 1.82) is 0 Å². The van der Waals surface area contributed by atoms with Gasteiger partial charge in [-0.3, -0.25) is 47.9 Å². The van der Waals surface area contributed by atoms with Crippen molar-refractivity contribution in [2.45, 2.75) is 155 Å². The second kappa shape index (κ2) is 35.0.